The van der Waals surface area contributed by atoms with Gasteiger partial charge in [-0.2, -0.15) is 0 Å². The molecule has 0 saturated carbocycles. The Morgan fingerprint density at radius 2 is 1.73 bits per heavy atom. The van der Waals surface area contributed by atoms with Crippen molar-refractivity contribution in [3.8, 4) is 16.9 Å². The van der Waals surface area contributed by atoms with Gasteiger partial charge in [-0.05, 0) is 42.8 Å². The first-order chi connectivity index (χ1) is 16.0. The van der Waals surface area contributed by atoms with Crippen molar-refractivity contribution < 1.29 is 9.52 Å². The second-order valence-electron chi connectivity index (χ2n) is 8.41. The molecule has 1 aliphatic heterocycles. The summed E-state index contributed by atoms with van der Waals surface area (Å²) in [6.07, 6.45) is 0. The zero-order valence-electron chi connectivity index (χ0n) is 18.4. The molecule has 1 N–H and O–H groups in total. The second-order valence-corrected chi connectivity index (χ2v) is 8.85. The van der Waals surface area contributed by atoms with Crippen LogP contribution in [0.2, 0.25) is 5.02 Å². The number of piperazine rings is 1. The minimum Gasteiger partial charge on any atom is -0.507 e. The lowest BCUT2D eigenvalue weighted by Gasteiger charge is -2.36. The van der Waals surface area contributed by atoms with E-state index >= 15 is 0 Å². The number of hydrogen-bond donors (Lipinski definition) is 1. The van der Waals surface area contributed by atoms with Crippen LogP contribution in [0.5, 0.6) is 5.75 Å². The van der Waals surface area contributed by atoms with E-state index in [1.807, 2.05) is 48.5 Å². The van der Waals surface area contributed by atoms with E-state index in [9.17, 15) is 9.90 Å². The summed E-state index contributed by atoms with van der Waals surface area (Å²) < 4.78 is 6.17. The number of fused-ring (bicyclic) bond motifs is 1. The lowest BCUT2D eigenvalue weighted by Crippen LogP contribution is -2.46. The normalized spacial score (nSPS) is 14.7. The van der Waals surface area contributed by atoms with E-state index < -0.39 is 0 Å². The van der Waals surface area contributed by atoms with Gasteiger partial charge in [-0.15, -0.1) is 0 Å². The molecular formula is C27H25ClN2O3. The topological polar surface area (TPSA) is 56.9 Å². The van der Waals surface area contributed by atoms with Gasteiger partial charge in [0.05, 0.1) is 16.5 Å². The third-order valence-electron chi connectivity index (χ3n) is 6.30. The number of phenolic OH excluding ortho intramolecular Hbond substituents is 1. The molecule has 0 amide bonds. The van der Waals surface area contributed by atoms with E-state index in [2.05, 4.69) is 15.9 Å². The predicted octanol–water partition coefficient (Wildman–Crippen LogP) is 5.45. The molecule has 5 nitrogen and oxygen atoms in total. The highest BCUT2D eigenvalue weighted by Gasteiger charge is 2.22. The molecule has 1 fully saturated rings. The Morgan fingerprint density at radius 1 is 0.970 bits per heavy atom. The van der Waals surface area contributed by atoms with Crippen molar-refractivity contribution in [2.45, 2.75) is 13.5 Å². The minimum atomic E-state index is -0.0769. The lowest BCUT2D eigenvalue weighted by molar-refractivity contribution is 0.246. The van der Waals surface area contributed by atoms with Crippen LogP contribution in [0.25, 0.3) is 22.1 Å². The number of benzene rings is 3. The van der Waals surface area contributed by atoms with Crippen molar-refractivity contribution in [1.82, 2.24) is 4.90 Å². The fourth-order valence-electron chi connectivity index (χ4n) is 4.56. The van der Waals surface area contributed by atoms with Crippen LogP contribution in [-0.4, -0.2) is 36.2 Å². The summed E-state index contributed by atoms with van der Waals surface area (Å²) in [6, 6.07) is 20.7. The van der Waals surface area contributed by atoms with Gasteiger partial charge in [0, 0.05) is 43.4 Å². The molecule has 0 spiro atoms. The molecule has 3 aromatic carbocycles. The summed E-state index contributed by atoms with van der Waals surface area (Å²) in [5, 5.41) is 11.9. The minimum absolute atomic E-state index is 0.0769. The summed E-state index contributed by atoms with van der Waals surface area (Å²) in [6.45, 7) is 5.68. The molecule has 33 heavy (non-hydrogen) atoms. The fourth-order valence-corrected chi connectivity index (χ4v) is 4.75. The standard InChI is InChI=1S/C27H25ClN2O3/c1-18-25(19-6-3-2-4-7-19)26(32)22-10-11-24(31)23(27(22)33-18)17-29-12-14-30(15-13-29)21-9-5-8-20(28)16-21/h2-11,16,31H,12-15,17H2,1H3. The third kappa shape index (κ3) is 4.22. The van der Waals surface area contributed by atoms with Gasteiger partial charge in [0.1, 0.15) is 17.1 Å². The summed E-state index contributed by atoms with van der Waals surface area (Å²) >= 11 is 6.15. The molecule has 6 heteroatoms. The van der Waals surface area contributed by atoms with Crippen LogP contribution < -0.4 is 10.3 Å². The number of aryl methyl sites for hydroxylation is 1. The van der Waals surface area contributed by atoms with Gasteiger partial charge in [0.15, 0.2) is 0 Å². The van der Waals surface area contributed by atoms with Crippen LogP contribution in [0.15, 0.2) is 75.9 Å². The monoisotopic (exact) mass is 460 g/mol. The Hall–Kier alpha value is -3.28. The van der Waals surface area contributed by atoms with Crippen LogP contribution in [0.3, 0.4) is 0 Å². The van der Waals surface area contributed by atoms with Crippen LogP contribution >= 0.6 is 11.6 Å². The molecule has 2 heterocycles. The number of aromatic hydroxyl groups is 1. The summed E-state index contributed by atoms with van der Waals surface area (Å²) in [7, 11) is 0. The predicted molar refractivity (Wildman–Crippen MR) is 133 cm³/mol. The van der Waals surface area contributed by atoms with Crippen LogP contribution in [-0.2, 0) is 6.54 Å². The van der Waals surface area contributed by atoms with Crippen molar-refractivity contribution in [2.24, 2.45) is 0 Å². The van der Waals surface area contributed by atoms with Crippen LogP contribution in [0.4, 0.5) is 5.69 Å². The first kappa shape index (κ1) is 21.6. The van der Waals surface area contributed by atoms with Gasteiger partial charge in [0.25, 0.3) is 0 Å². The third-order valence-corrected chi connectivity index (χ3v) is 6.54. The number of halogens is 1. The van der Waals surface area contributed by atoms with Gasteiger partial charge in [-0.1, -0.05) is 48.0 Å². The number of anilines is 1. The van der Waals surface area contributed by atoms with Crippen molar-refractivity contribution in [3.63, 3.8) is 0 Å². The average molecular weight is 461 g/mol. The molecule has 0 bridgehead atoms. The molecule has 5 rings (SSSR count). The van der Waals surface area contributed by atoms with Crippen LogP contribution in [0.1, 0.15) is 11.3 Å². The molecule has 0 radical (unpaired) electrons. The largest absolute Gasteiger partial charge is 0.507 e. The zero-order valence-corrected chi connectivity index (χ0v) is 19.2. The summed E-state index contributed by atoms with van der Waals surface area (Å²) in [5.74, 6) is 0.700. The summed E-state index contributed by atoms with van der Waals surface area (Å²) in [4.78, 5) is 17.9. The van der Waals surface area contributed by atoms with Crippen LogP contribution in [0, 0.1) is 6.92 Å². The molecular weight excluding hydrogens is 436 g/mol. The number of rotatable bonds is 4. The van der Waals surface area contributed by atoms with Gasteiger partial charge in [-0.25, -0.2) is 0 Å². The molecule has 0 aliphatic carbocycles. The smallest absolute Gasteiger partial charge is 0.200 e. The van der Waals surface area contributed by atoms with Crippen molar-refractivity contribution in [1.29, 1.82) is 0 Å². The Bertz CT molecular complexity index is 1360. The highest BCUT2D eigenvalue weighted by atomic mass is 35.5. The molecule has 0 unspecified atom stereocenters. The molecule has 168 valence electrons. The Kier molecular flexibility index (Phi) is 5.83. The van der Waals surface area contributed by atoms with Gasteiger partial charge in [0.2, 0.25) is 5.43 Å². The Morgan fingerprint density at radius 3 is 2.45 bits per heavy atom. The quantitative estimate of drug-likeness (QED) is 0.439. The maximum absolute atomic E-state index is 13.4. The van der Waals surface area contributed by atoms with Crippen molar-refractivity contribution >= 4 is 28.3 Å². The lowest BCUT2D eigenvalue weighted by atomic mass is 10.0. The fraction of sp³-hybridized carbons (Fsp3) is 0.222. The number of nitrogens with zero attached hydrogens (tertiary/aromatic N) is 2. The SMILES string of the molecule is Cc1oc2c(CN3CCN(c4cccc(Cl)c4)CC3)c(O)ccc2c(=O)c1-c1ccccc1. The van der Waals surface area contributed by atoms with E-state index in [-0.39, 0.29) is 11.2 Å². The van der Waals surface area contributed by atoms with Crippen molar-refractivity contribution in [3.05, 3.63) is 93.3 Å². The van der Waals surface area contributed by atoms with E-state index in [0.29, 0.717) is 34.4 Å². The molecule has 1 aliphatic rings. The molecule has 0 atom stereocenters. The Labute approximate surface area is 197 Å². The molecule has 1 aromatic heterocycles. The van der Waals surface area contributed by atoms with E-state index in [1.165, 1.54) is 0 Å². The first-order valence-corrected chi connectivity index (χ1v) is 11.5. The van der Waals surface area contributed by atoms with E-state index in [4.69, 9.17) is 16.0 Å². The summed E-state index contributed by atoms with van der Waals surface area (Å²) in [5.41, 5.74) is 3.56. The Balaban J connectivity index is 1.43. The molecule has 1 saturated heterocycles. The second kappa shape index (κ2) is 8.93. The maximum Gasteiger partial charge on any atom is 0.200 e. The number of hydrogen-bond acceptors (Lipinski definition) is 5. The van der Waals surface area contributed by atoms with E-state index in [1.54, 1.807) is 19.1 Å². The number of phenols is 1. The first-order valence-electron chi connectivity index (χ1n) is 11.1. The van der Waals surface area contributed by atoms with E-state index in [0.717, 1.165) is 42.5 Å². The average Bonchev–Trinajstić information content (AvgIpc) is 2.82. The zero-order chi connectivity index (χ0) is 22.9. The van der Waals surface area contributed by atoms with Gasteiger partial charge >= 0.3 is 0 Å². The maximum atomic E-state index is 13.4. The highest BCUT2D eigenvalue weighted by molar-refractivity contribution is 6.30. The van der Waals surface area contributed by atoms with Crippen molar-refractivity contribution in [2.75, 3.05) is 31.1 Å². The van der Waals surface area contributed by atoms with Gasteiger partial charge in [-0.3, -0.25) is 9.69 Å². The van der Waals surface area contributed by atoms with Gasteiger partial charge < -0.3 is 14.4 Å². The highest BCUT2D eigenvalue weighted by Crippen LogP contribution is 2.31. The molecule has 4 aromatic rings.